The van der Waals surface area contributed by atoms with Crippen LogP contribution in [-0.2, 0) is 11.2 Å². The van der Waals surface area contributed by atoms with E-state index in [1.165, 1.54) is 6.92 Å². The molecule has 1 atom stereocenters. The van der Waals surface area contributed by atoms with Crippen molar-refractivity contribution < 1.29 is 9.53 Å². The molecule has 0 aliphatic carbocycles. The Morgan fingerprint density at radius 3 is 2.60 bits per heavy atom. The van der Waals surface area contributed by atoms with Crippen molar-refractivity contribution in [2.75, 3.05) is 7.11 Å². The number of hydrogen-bond donors (Lipinski definition) is 1. The summed E-state index contributed by atoms with van der Waals surface area (Å²) in [6.45, 7) is 1.51. The van der Waals surface area contributed by atoms with E-state index >= 15 is 0 Å². The van der Waals surface area contributed by atoms with Gasteiger partial charge in [-0.1, -0.05) is 36.4 Å². The van der Waals surface area contributed by atoms with Crippen molar-refractivity contribution in [2.45, 2.75) is 19.4 Å². The molecule has 1 aromatic carbocycles. The second-order valence-electron chi connectivity index (χ2n) is 4.55. The molecule has 104 valence electrons. The number of rotatable bonds is 5. The van der Waals surface area contributed by atoms with Crippen LogP contribution in [0, 0.1) is 0 Å². The van der Waals surface area contributed by atoms with E-state index in [4.69, 9.17) is 4.74 Å². The Morgan fingerprint density at radius 1 is 1.20 bits per heavy atom. The molecule has 0 aliphatic rings. The maximum Gasteiger partial charge on any atom is 0.217 e. The van der Waals surface area contributed by atoms with Gasteiger partial charge in [0.05, 0.1) is 18.8 Å². The van der Waals surface area contributed by atoms with E-state index in [1.807, 2.05) is 42.5 Å². The maximum atomic E-state index is 11.4. The van der Waals surface area contributed by atoms with Crippen molar-refractivity contribution in [2.24, 2.45) is 0 Å². The van der Waals surface area contributed by atoms with Gasteiger partial charge in [-0.15, -0.1) is 0 Å². The molecule has 0 spiro atoms. The van der Waals surface area contributed by atoms with Gasteiger partial charge >= 0.3 is 0 Å². The molecule has 0 fully saturated rings. The van der Waals surface area contributed by atoms with Gasteiger partial charge in [0.2, 0.25) is 11.8 Å². The van der Waals surface area contributed by atoms with Crippen molar-refractivity contribution >= 4 is 5.91 Å². The van der Waals surface area contributed by atoms with Crippen molar-refractivity contribution in [1.82, 2.24) is 10.3 Å². The Balaban J connectivity index is 2.24. The predicted octanol–water partition coefficient (Wildman–Crippen LogP) is 2.51. The van der Waals surface area contributed by atoms with E-state index in [0.717, 1.165) is 11.3 Å². The van der Waals surface area contributed by atoms with Gasteiger partial charge in [0.15, 0.2) is 0 Å². The lowest BCUT2D eigenvalue weighted by atomic mass is 10.0. The minimum atomic E-state index is -0.162. The van der Waals surface area contributed by atoms with Crippen molar-refractivity contribution in [1.29, 1.82) is 0 Å². The van der Waals surface area contributed by atoms with Crippen molar-refractivity contribution in [3.63, 3.8) is 0 Å². The smallest absolute Gasteiger partial charge is 0.217 e. The van der Waals surface area contributed by atoms with Gasteiger partial charge in [-0.05, 0) is 18.1 Å². The Kier molecular flexibility index (Phi) is 4.71. The molecule has 1 aromatic heterocycles. The highest BCUT2D eigenvalue weighted by molar-refractivity contribution is 5.73. The number of aromatic nitrogens is 1. The molecule has 2 rings (SSSR count). The normalized spacial score (nSPS) is 11.7. The monoisotopic (exact) mass is 270 g/mol. The third-order valence-electron chi connectivity index (χ3n) is 2.97. The summed E-state index contributed by atoms with van der Waals surface area (Å²) in [5, 5.41) is 2.94. The van der Waals surface area contributed by atoms with Crippen LogP contribution in [0.15, 0.2) is 48.5 Å². The molecular weight excluding hydrogens is 252 g/mol. The molecule has 1 amide bonds. The van der Waals surface area contributed by atoms with Crippen LogP contribution in [-0.4, -0.2) is 18.0 Å². The van der Waals surface area contributed by atoms with E-state index in [1.54, 1.807) is 13.2 Å². The summed E-state index contributed by atoms with van der Waals surface area (Å²) in [5.41, 5.74) is 1.94. The number of hydrogen-bond acceptors (Lipinski definition) is 3. The predicted molar refractivity (Wildman–Crippen MR) is 77.5 cm³/mol. The van der Waals surface area contributed by atoms with Crippen LogP contribution < -0.4 is 10.1 Å². The molecule has 0 saturated heterocycles. The summed E-state index contributed by atoms with van der Waals surface area (Å²) >= 11 is 0. The molecule has 0 radical (unpaired) electrons. The Bertz CT molecular complexity index is 570. The molecule has 0 saturated carbocycles. The quantitative estimate of drug-likeness (QED) is 0.908. The molecule has 1 N–H and O–H groups in total. The molecule has 1 heterocycles. The van der Waals surface area contributed by atoms with Gasteiger partial charge < -0.3 is 10.1 Å². The molecule has 1 unspecified atom stereocenters. The zero-order valence-corrected chi connectivity index (χ0v) is 11.7. The van der Waals surface area contributed by atoms with Gasteiger partial charge in [0.25, 0.3) is 0 Å². The average molecular weight is 270 g/mol. The molecular formula is C16H18N2O2. The second-order valence-corrected chi connectivity index (χ2v) is 4.55. The zero-order valence-electron chi connectivity index (χ0n) is 11.7. The lowest BCUT2D eigenvalue weighted by Crippen LogP contribution is -2.28. The fourth-order valence-corrected chi connectivity index (χ4v) is 2.06. The van der Waals surface area contributed by atoms with E-state index in [2.05, 4.69) is 10.3 Å². The van der Waals surface area contributed by atoms with Gasteiger partial charge in [-0.3, -0.25) is 4.79 Å². The lowest BCUT2D eigenvalue weighted by Gasteiger charge is -2.18. The van der Waals surface area contributed by atoms with Crippen LogP contribution >= 0.6 is 0 Å². The molecule has 20 heavy (non-hydrogen) atoms. The average Bonchev–Trinajstić information content (AvgIpc) is 2.47. The fourth-order valence-electron chi connectivity index (χ4n) is 2.06. The first-order chi connectivity index (χ1) is 9.69. The van der Waals surface area contributed by atoms with Crippen LogP contribution in [0.25, 0.3) is 0 Å². The first kappa shape index (κ1) is 14.1. The highest BCUT2D eigenvalue weighted by atomic mass is 16.5. The summed E-state index contributed by atoms with van der Waals surface area (Å²) in [5.74, 6) is 0.474. The van der Waals surface area contributed by atoms with Crippen LogP contribution in [0.1, 0.15) is 24.2 Å². The zero-order chi connectivity index (χ0) is 14.4. The Labute approximate surface area is 118 Å². The topological polar surface area (TPSA) is 51.2 Å². The third kappa shape index (κ3) is 3.82. The highest BCUT2D eigenvalue weighted by Crippen LogP contribution is 2.19. The van der Waals surface area contributed by atoms with Gasteiger partial charge in [0.1, 0.15) is 0 Å². The standard InChI is InChI=1S/C16H18N2O2/c1-12(19)17-15(11-13-7-4-3-5-8-13)14-9-6-10-16(18-14)20-2/h3-10,15H,11H2,1-2H3,(H,17,19). The number of methoxy groups -OCH3 is 1. The number of amides is 1. The number of pyridine rings is 1. The fraction of sp³-hybridized carbons (Fsp3) is 0.250. The van der Waals surface area contributed by atoms with Crippen LogP contribution in [0.2, 0.25) is 0 Å². The van der Waals surface area contributed by atoms with Crippen molar-refractivity contribution in [3.05, 3.63) is 59.8 Å². The largest absolute Gasteiger partial charge is 0.481 e. The Hall–Kier alpha value is -2.36. The second kappa shape index (κ2) is 6.70. The summed E-state index contributed by atoms with van der Waals surface area (Å²) in [4.78, 5) is 15.8. The van der Waals surface area contributed by atoms with Crippen LogP contribution in [0.5, 0.6) is 5.88 Å². The molecule has 0 aliphatic heterocycles. The van der Waals surface area contributed by atoms with E-state index in [-0.39, 0.29) is 11.9 Å². The van der Waals surface area contributed by atoms with Gasteiger partial charge in [-0.25, -0.2) is 4.98 Å². The minimum absolute atomic E-state index is 0.0736. The van der Waals surface area contributed by atoms with E-state index in [0.29, 0.717) is 12.3 Å². The maximum absolute atomic E-state index is 11.4. The first-order valence-corrected chi connectivity index (χ1v) is 6.51. The number of nitrogens with zero attached hydrogens (tertiary/aromatic N) is 1. The third-order valence-corrected chi connectivity index (χ3v) is 2.97. The summed E-state index contributed by atoms with van der Waals surface area (Å²) in [7, 11) is 1.58. The molecule has 4 heteroatoms. The summed E-state index contributed by atoms with van der Waals surface area (Å²) < 4.78 is 5.14. The van der Waals surface area contributed by atoms with Crippen LogP contribution in [0.4, 0.5) is 0 Å². The number of carbonyl (C=O) groups excluding carboxylic acids is 1. The molecule has 2 aromatic rings. The van der Waals surface area contributed by atoms with E-state index < -0.39 is 0 Å². The minimum Gasteiger partial charge on any atom is -0.481 e. The molecule has 0 bridgehead atoms. The van der Waals surface area contributed by atoms with Crippen molar-refractivity contribution in [3.8, 4) is 5.88 Å². The number of ether oxygens (including phenoxy) is 1. The summed E-state index contributed by atoms with van der Waals surface area (Å²) in [6.07, 6.45) is 0.695. The summed E-state index contributed by atoms with van der Waals surface area (Å²) in [6, 6.07) is 15.4. The SMILES string of the molecule is COc1cccc(C(Cc2ccccc2)NC(C)=O)n1. The van der Waals surface area contributed by atoms with Crippen LogP contribution in [0.3, 0.4) is 0 Å². The van der Waals surface area contributed by atoms with E-state index in [9.17, 15) is 4.79 Å². The first-order valence-electron chi connectivity index (χ1n) is 6.51. The highest BCUT2D eigenvalue weighted by Gasteiger charge is 2.15. The lowest BCUT2D eigenvalue weighted by molar-refractivity contribution is -0.119. The number of nitrogens with one attached hydrogen (secondary N) is 1. The molecule has 4 nitrogen and oxygen atoms in total. The number of benzene rings is 1. The van der Waals surface area contributed by atoms with Gasteiger partial charge in [0, 0.05) is 13.0 Å². The Morgan fingerprint density at radius 2 is 1.95 bits per heavy atom. The van der Waals surface area contributed by atoms with Gasteiger partial charge in [-0.2, -0.15) is 0 Å². The number of carbonyl (C=O) groups is 1.